The SMILES string of the molecule is COC(=O)c1ccc(CNc2cc(C)ccc2C)[nH]1. The van der Waals surface area contributed by atoms with Crippen molar-refractivity contribution in [2.24, 2.45) is 0 Å². The molecule has 0 atom stereocenters. The molecule has 0 aliphatic heterocycles. The molecule has 1 heterocycles. The van der Waals surface area contributed by atoms with E-state index in [1.807, 2.05) is 6.07 Å². The lowest BCUT2D eigenvalue weighted by atomic mass is 10.1. The average Bonchev–Trinajstić information content (AvgIpc) is 2.88. The number of ether oxygens (including phenoxy) is 1. The summed E-state index contributed by atoms with van der Waals surface area (Å²) < 4.78 is 4.66. The molecule has 2 aromatic rings. The molecule has 0 fully saturated rings. The third-order valence-corrected chi connectivity index (χ3v) is 3.01. The molecule has 19 heavy (non-hydrogen) atoms. The monoisotopic (exact) mass is 258 g/mol. The Morgan fingerprint density at radius 2 is 2.05 bits per heavy atom. The van der Waals surface area contributed by atoms with Gasteiger partial charge in [-0.3, -0.25) is 0 Å². The summed E-state index contributed by atoms with van der Waals surface area (Å²) >= 11 is 0. The predicted molar refractivity (Wildman–Crippen MR) is 75.4 cm³/mol. The van der Waals surface area contributed by atoms with Crippen LogP contribution in [0.1, 0.15) is 27.3 Å². The Morgan fingerprint density at radius 3 is 2.79 bits per heavy atom. The molecule has 0 saturated carbocycles. The molecule has 0 aliphatic rings. The number of hydrogen-bond acceptors (Lipinski definition) is 3. The standard InChI is InChI=1S/C15H18N2O2/c1-10-4-5-11(2)14(8-10)16-9-12-6-7-13(17-12)15(18)19-3/h4-8,16-17H,9H2,1-3H3. The second kappa shape index (κ2) is 5.61. The minimum Gasteiger partial charge on any atom is -0.464 e. The minimum atomic E-state index is -0.349. The molecule has 4 nitrogen and oxygen atoms in total. The van der Waals surface area contributed by atoms with Crippen LogP contribution >= 0.6 is 0 Å². The first kappa shape index (κ1) is 13.2. The van der Waals surface area contributed by atoms with Crippen molar-refractivity contribution < 1.29 is 9.53 Å². The number of benzene rings is 1. The van der Waals surface area contributed by atoms with Crippen LogP contribution in [0.15, 0.2) is 30.3 Å². The Balaban J connectivity index is 2.04. The second-order valence-corrected chi connectivity index (χ2v) is 4.56. The third kappa shape index (κ3) is 3.16. The lowest BCUT2D eigenvalue weighted by Gasteiger charge is -2.09. The van der Waals surface area contributed by atoms with E-state index in [1.165, 1.54) is 18.2 Å². The van der Waals surface area contributed by atoms with E-state index in [2.05, 4.69) is 47.1 Å². The fourth-order valence-corrected chi connectivity index (χ4v) is 1.89. The fraction of sp³-hybridized carbons (Fsp3) is 0.267. The number of rotatable bonds is 4. The van der Waals surface area contributed by atoms with Crippen molar-refractivity contribution >= 4 is 11.7 Å². The molecule has 0 bridgehead atoms. The van der Waals surface area contributed by atoms with Crippen LogP contribution < -0.4 is 5.32 Å². The molecule has 0 aliphatic carbocycles. The van der Waals surface area contributed by atoms with Gasteiger partial charge >= 0.3 is 5.97 Å². The van der Waals surface area contributed by atoms with Gasteiger partial charge in [0.15, 0.2) is 0 Å². The molecule has 100 valence electrons. The second-order valence-electron chi connectivity index (χ2n) is 4.56. The Morgan fingerprint density at radius 1 is 1.26 bits per heavy atom. The van der Waals surface area contributed by atoms with Crippen LogP contribution in [0.25, 0.3) is 0 Å². The number of carbonyl (C=O) groups is 1. The zero-order chi connectivity index (χ0) is 13.8. The molecule has 0 unspecified atom stereocenters. The number of H-pyrrole nitrogens is 1. The van der Waals surface area contributed by atoms with Gasteiger partial charge in [-0.25, -0.2) is 4.79 Å². The summed E-state index contributed by atoms with van der Waals surface area (Å²) in [6.45, 7) is 4.77. The molecule has 2 N–H and O–H groups in total. The predicted octanol–water partition coefficient (Wildman–Crippen LogP) is 3.03. The van der Waals surface area contributed by atoms with Crippen LogP contribution in [0.3, 0.4) is 0 Å². The van der Waals surface area contributed by atoms with Crippen LogP contribution in [-0.4, -0.2) is 18.1 Å². The van der Waals surface area contributed by atoms with Gasteiger partial charge in [-0.2, -0.15) is 0 Å². The summed E-state index contributed by atoms with van der Waals surface area (Å²) in [5.41, 5.74) is 4.94. The number of aromatic amines is 1. The van der Waals surface area contributed by atoms with Gasteiger partial charge in [0.1, 0.15) is 5.69 Å². The van der Waals surface area contributed by atoms with Crippen LogP contribution in [0.2, 0.25) is 0 Å². The van der Waals surface area contributed by atoms with Crippen LogP contribution in [-0.2, 0) is 11.3 Å². The van der Waals surface area contributed by atoms with E-state index >= 15 is 0 Å². The molecule has 0 amide bonds. The maximum Gasteiger partial charge on any atom is 0.354 e. The lowest BCUT2D eigenvalue weighted by molar-refractivity contribution is 0.0594. The van der Waals surface area contributed by atoms with Gasteiger partial charge in [0.2, 0.25) is 0 Å². The van der Waals surface area contributed by atoms with Crippen molar-refractivity contribution in [1.82, 2.24) is 4.98 Å². The zero-order valence-electron chi connectivity index (χ0n) is 11.4. The average molecular weight is 258 g/mol. The van der Waals surface area contributed by atoms with Gasteiger partial charge in [0, 0.05) is 11.4 Å². The summed E-state index contributed by atoms with van der Waals surface area (Å²) in [4.78, 5) is 14.4. The maximum atomic E-state index is 11.3. The largest absolute Gasteiger partial charge is 0.464 e. The van der Waals surface area contributed by atoms with E-state index in [4.69, 9.17) is 0 Å². The van der Waals surface area contributed by atoms with Gasteiger partial charge in [-0.1, -0.05) is 12.1 Å². The maximum absolute atomic E-state index is 11.3. The number of hydrogen-bond donors (Lipinski definition) is 2. The Bertz CT molecular complexity index is 588. The lowest BCUT2D eigenvalue weighted by Crippen LogP contribution is -2.04. The van der Waals surface area contributed by atoms with Gasteiger partial charge < -0.3 is 15.0 Å². The van der Waals surface area contributed by atoms with Gasteiger partial charge in [0.05, 0.1) is 13.7 Å². The van der Waals surface area contributed by atoms with E-state index in [0.29, 0.717) is 12.2 Å². The van der Waals surface area contributed by atoms with Crippen LogP contribution in [0, 0.1) is 13.8 Å². The van der Waals surface area contributed by atoms with Crippen LogP contribution in [0.4, 0.5) is 5.69 Å². The number of anilines is 1. The summed E-state index contributed by atoms with van der Waals surface area (Å²) in [6, 6.07) is 9.90. The number of esters is 1. The molecule has 4 heteroatoms. The summed E-state index contributed by atoms with van der Waals surface area (Å²) in [5, 5.41) is 3.36. The number of aryl methyl sites for hydroxylation is 2. The summed E-state index contributed by atoms with van der Waals surface area (Å²) in [6.07, 6.45) is 0. The zero-order valence-corrected chi connectivity index (χ0v) is 11.4. The van der Waals surface area contributed by atoms with Crippen molar-refractivity contribution in [3.8, 4) is 0 Å². The highest BCUT2D eigenvalue weighted by atomic mass is 16.5. The fourth-order valence-electron chi connectivity index (χ4n) is 1.89. The smallest absolute Gasteiger partial charge is 0.354 e. The molecular formula is C15H18N2O2. The van der Waals surface area contributed by atoms with E-state index in [1.54, 1.807) is 6.07 Å². The normalized spacial score (nSPS) is 10.3. The first-order valence-electron chi connectivity index (χ1n) is 6.17. The van der Waals surface area contributed by atoms with Crippen molar-refractivity contribution in [2.45, 2.75) is 20.4 Å². The first-order valence-corrected chi connectivity index (χ1v) is 6.17. The Hall–Kier alpha value is -2.23. The van der Waals surface area contributed by atoms with E-state index in [-0.39, 0.29) is 5.97 Å². The van der Waals surface area contributed by atoms with Crippen LogP contribution in [0.5, 0.6) is 0 Å². The molecule has 0 spiro atoms. The van der Waals surface area contributed by atoms with Gasteiger partial charge in [0.25, 0.3) is 0 Å². The number of carbonyl (C=O) groups excluding carboxylic acids is 1. The van der Waals surface area contributed by atoms with Crippen molar-refractivity contribution in [2.75, 3.05) is 12.4 Å². The van der Waals surface area contributed by atoms with E-state index in [9.17, 15) is 4.79 Å². The quantitative estimate of drug-likeness (QED) is 0.829. The highest BCUT2D eigenvalue weighted by molar-refractivity contribution is 5.87. The van der Waals surface area contributed by atoms with Crippen molar-refractivity contribution in [3.63, 3.8) is 0 Å². The summed E-state index contributed by atoms with van der Waals surface area (Å²) in [7, 11) is 1.37. The highest BCUT2D eigenvalue weighted by Gasteiger charge is 2.07. The Labute approximate surface area is 112 Å². The number of methoxy groups -OCH3 is 1. The molecule has 0 saturated heterocycles. The molecule has 1 aromatic carbocycles. The first-order chi connectivity index (χ1) is 9.10. The number of nitrogens with one attached hydrogen (secondary N) is 2. The minimum absolute atomic E-state index is 0.349. The molecule has 2 rings (SSSR count). The highest BCUT2D eigenvalue weighted by Crippen LogP contribution is 2.17. The number of aromatic nitrogens is 1. The Kier molecular flexibility index (Phi) is 3.90. The van der Waals surface area contributed by atoms with E-state index < -0.39 is 0 Å². The molecule has 0 radical (unpaired) electrons. The third-order valence-electron chi connectivity index (χ3n) is 3.01. The molecule has 1 aromatic heterocycles. The molecular weight excluding hydrogens is 240 g/mol. The summed E-state index contributed by atoms with van der Waals surface area (Å²) in [5.74, 6) is -0.349. The van der Waals surface area contributed by atoms with Gasteiger partial charge in [-0.15, -0.1) is 0 Å². The van der Waals surface area contributed by atoms with Crippen molar-refractivity contribution in [3.05, 3.63) is 52.8 Å². The van der Waals surface area contributed by atoms with E-state index in [0.717, 1.165) is 11.4 Å². The van der Waals surface area contributed by atoms with Gasteiger partial charge in [-0.05, 0) is 43.2 Å². The topological polar surface area (TPSA) is 54.1 Å². The van der Waals surface area contributed by atoms with Crippen molar-refractivity contribution in [1.29, 1.82) is 0 Å².